The smallest absolute Gasteiger partial charge is 0.302 e. The first-order chi connectivity index (χ1) is 27.7. The lowest BCUT2D eigenvalue weighted by atomic mass is 9.94. The lowest BCUT2D eigenvalue weighted by molar-refractivity contribution is -0.359. The third-order valence-electron chi connectivity index (χ3n) is 9.65. The van der Waals surface area contributed by atoms with Gasteiger partial charge in [0.1, 0.15) is 55.4 Å². The number of esters is 1. The summed E-state index contributed by atoms with van der Waals surface area (Å²) in [6.07, 6.45) is -10.4. The van der Waals surface area contributed by atoms with E-state index in [0.29, 0.717) is 0 Å². The molecule has 1 amide bonds. The summed E-state index contributed by atoms with van der Waals surface area (Å²) < 4.78 is 50.5. The molecule has 4 aromatic rings. The molecule has 57 heavy (non-hydrogen) atoms. The van der Waals surface area contributed by atoms with Crippen molar-refractivity contribution in [2.45, 2.75) is 102 Å². The normalized spacial score (nSPS) is 27.4. The van der Waals surface area contributed by atoms with Gasteiger partial charge in [-0.2, -0.15) is 0 Å². The minimum atomic E-state index is -1.50. The van der Waals surface area contributed by atoms with Gasteiger partial charge in [-0.15, -0.1) is 0 Å². The van der Waals surface area contributed by atoms with Gasteiger partial charge in [0.15, 0.2) is 12.6 Å². The van der Waals surface area contributed by atoms with Gasteiger partial charge in [0.2, 0.25) is 5.91 Å². The van der Waals surface area contributed by atoms with E-state index < -0.39 is 73.2 Å². The second-order valence-corrected chi connectivity index (χ2v) is 14.0. The summed E-state index contributed by atoms with van der Waals surface area (Å²) in [5, 5.41) is 26.0. The van der Waals surface area contributed by atoms with Crippen molar-refractivity contribution in [2.24, 2.45) is 0 Å². The number of carbonyl (C=O) groups excluding carboxylic acids is 2. The van der Waals surface area contributed by atoms with Crippen molar-refractivity contribution < 1.29 is 57.7 Å². The number of ether oxygens (including phenoxy) is 8. The third-order valence-corrected chi connectivity index (χ3v) is 9.65. The summed E-state index contributed by atoms with van der Waals surface area (Å²) in [6.45, 7) is 2.79. The first-order valence-electron chi connectivity index (χ1n) is 19.1. The quantitative estimate of drug-likeness (QED) is 0.124. The van der Waals surface area contributed by atoms with E-state index in [-0.39, 0.29) is 39.6 Å². The number of rotatable bonds is 18. The Morgan fingerprint density at radius 1 is 0.579 bits per heavy atom. The minimum absolute atomic E-state index is 0.0513. The fourth-order valence-corrected chi connectivity index (χ4v) is 6.83. The summed E-state index contributed by atoms with van der Waals surface area (Å²) in [6, 6.07) is 36.9. The molecule has 2 fully saturated rings. The van der Waals surface area contributed by atoms with Gasteiger partial charge >= 0.3 is 5.97 Å². The maximum atomic E-state index is 12.6. The van der Waals surface area contributed by atoms with Crippen LogP contribution in [0.15, 0.2) is 121 Å². The van der Waals surface area contributed by atoms with E-state index in [0.717, 1.165) is 22.3 Å². The number of nitrogens with one attached hydrogen (secondary N) is 1. The van der Waals surface area contributed by atoms with E-state index in [1.165, 1.54) is 13.8 Å². The summed E-state index contributed by atoms with van der Waals surface area (Å²) >= 11 is 0. The highest BCUT2D eigenvalue weighted by Crippen LogP contribution is 2.34. The number of hydrogen-bond acceptors (Lipinski definition) is 12. The molecular formula is C44H51NO12. The lowest BCUT2D eigenvalue weighted by Crippen LogP contribution is -2.68. The van der Waals surface area contributed by atoms with Crippen LogP contribution in [-0.4, -0.2) is 96.7 Å². The van der Waals surface area contributed by atoms with Crippen LogP contribution in [0.25, 0.3) is 0 Å². The van der Waals surface area contributed by atoms with Crippen LogP contribution in [0.1, 0.15) is 36.1 Å². The number of aliphatic hydroxyl groups excluding tert-OH is 2. The van der Waals surface area contributed by atoms with Gasteiger partial charge in [0.05, 0.1) is 33.0 Å². The molecule has 2 aliphatic rings. The summed E-state index contributed by atoms with van der Waals surface area (Å²) in [4.78, 5) is 24.6. The number of hydrogen-bond donors (Lipinski definition) is 3. The highest BCUT2D eigenvalue weighted by atomic mass is 16.7. The van der Waals surface area contributed by atoms with E-state index >= 15 is 0 Å². The Morgan fingerprint density at radius 3 is 1.54 bits per heavy atom. The number of amides is 1. The first kappa shape index (κ1) is 42.1. The lowest BCUT2D eigenvalue weighted by Gasteiger charge is -2.49. The van der Waals surface area contributed by atoms with E-state index in [1.807, 2.05) is 121 Å². The Morgan fingerprint density at radius 2 is 1.05 bits per heavy atom. The molecule has 13 nitrogen and oxygen atoms in total. The fraction of sp³-hybridized carbons (Fsp3) is 0.409. The topological polar surface area (TPSA) is 160 Å². The highest BCUT2D eigenvalue weighted by molar-refractivity contribution is 5.73. The molecule has 0 aliphatic carbocycles. The van der Waals surface area contributed by atoms with Gasteiger partial charge < -0.3 is 53.4 Å². The van der Waals surface area contributed by atoms with Crippen molar-refractivity contribution in [1.29, 1.82) is 0 Å². The molecule has 0 saturated carbocycles. The van der Waals surface area contributed by atoms with Crippen LogP contribution >= 0.6 is 0 Å². The van der Waals surface area contributed by atoms with E-state index in [9.17, 15) is 19.8 Å². The Kier molecular flexibility index (Phi) is 15.7. The molecular weight excluding hydrogens is 734 g/mol. The van der Waals surface area contributed by atoms with Crippen molar-refractivity contribution in [3.63, 3.8) is 0 Å². The molecule has 2 saturated heterocycles. The largest absolute Gasteiger partial charge is 0.463 e. The van der Waals surface area contributed by atoms with Crippen molar-refractivity contribution in [1.82, 2.24) is 5.32 Å². The fourth-order valence-electron chi connectivity index (χ4n) is 6.83. The highest BCUT2D eigenvalue weighted by Gasteiger charge is 2.53. The van der Waals surface area contributed by atoms with Gasteiger partial charge in [0.25, 0.3) is 0 Å². The second-order valence-electron chi connectivity index (χ2n) is 14.0. The number of benzene rings is 4. The number of carbonyl (C=O) groups is 2. The molecule has 0 aromatic heterocycles. The minimum Gasteiger partial charge on any atom is -0.463 e. The molecule has 6 rings (SSSR count). The zero-order valence-electron chi connectivity index (χ0n) is 32.0. The van der Waals surface area contributed by atoms with Gasteiger partial charge in [-0.25, -0.2) is 0 Å². The maximum absolute atomic E-state index is 12.6. The molecule has 0 radical (unpaired) electrons. The molecule has 3 N–H and O–H groups in total. The van der Waals surface area contributed by atoms with Gasteiger partial charge in [0, 0.05) is 13.8 Å². The number of aliphatic hydroxyl groups is 2. The summed E-state index contributed by atoms with van der Waals surface area (Å²) in [7, 11) is 0. The van der Waals surface area contributed by atoms with Crippen molar-refractivity contribution in [3.05, 3.63) is 144 Å². The molecule has 0 bridgehead atoms. The van der Waals surface area contributed by atoms with Crippen LogP contribution in [-0.2, 0) is 73.9 Å². The molecule has 0 unspecified atom stereocenters. The van der Waals surface area contributed by atoms with E-state index in [2.05, 4.69) is 5.32 Å². The Bertz CT molecular complexity index is 1790. The maximum Gasteiger partial charge on any atom is 0.302 e. The van der Waals surface area contributed by atoms with Crippen LogP contribution in [0.3, 0.4) is 0 Å². The molecule has 13 heteroatoms. The molecule has 4 aromatic carbocycles. The average Bonchev–Trinajstić information content (AvgIpc) is 3.22. The van der Waals surface area contributed by atoms with E-state index in [4.69, 9.17) is 37.9 Å². The standard InChI is InChI=1S/C44H51NO12/c1-29(46)45-37-40(52-24-32-17-9-4-10-18-32)39(36(55-43(37)49)27-50-23-31-15-7-3-8-16-31)57-44-42(54-26-34-21-13-6-14-22-34)41(53-25-33-19-11-5-12-20-33)38(48)35(56-44)28-51-30(2)47/h3-22,35-44,48-49H,23-28H2,1-2H3,(H,45,46)/t35-,36-,37-,38-,39-,40-,41+,42-,43+,44+/m1/s1. The Balaban J connectivity index is 1.36. The SMILES string of the molecule is CC(=O)N[C@@H]1[C@@H](OCc2ccccc2)[C@H](O[C@@H]2O[C@H](COC(C)=O)[C@@H](O)[C@H](OCc3ccccc3)[C@H]2OCc2ccccc2)[C@@H](COCc2ccccc2)O[C@@H]1O. The van der Waals surface area contributed by atoms with Crippen molar-refractivity contribution >= 4 is 11.9 Å². The van der Waals surface area contributed by atoms with Gasteiger partial charge in [-0.1, -0.05) is 121 Å². The zero-order valence-corrected chi connectivity index (χ0v) is 32.0. The van der Waals surface area contributed by atoms with Crippen LogP contribution in [0.2, 0.25) is 0 Å². The van der Waals surface area contributed by atoms with Crippen LogP contribution in [0, 0.1) is 0 Å². The van der Waals surface area contributed by atoms with Gasteiger partial charge in [-0.3, -0.25) is 9.59 Å². The summed E-state index contributed by atoms with van der Waals surface area (Å²) in [5.74, 6) is -0.990. The summed E-state index contributed by atoms with van der Waals surface area (Å²) in [5.41, 5.74) is 3.46. The van der Waals surface area contributed by atoms with E-state index in [1.54, 1.807) is 0 Å². The first-order valence-corrected chi connectivity index (χ1v) is 19.1. The van der Waals surface area contributed by atoms with Crippen LogP contribution < -0.4 is 5.32 Å². The van der Waals surface area contributed by atoms with Crippen molar-refractivity contribution in [2.75, 3.05) is 13.2 Å². The predicted molar refractivity (Wildman–Crippen MR) is 206 cm³/mol. The second kappa shape index (κ2) is 21.3. The predicted octanol–water partition coefficient (Wildman–Crippen LogP) is 4.22. The molecule has 10 atom stereocenters. The van der Waals surface area contributed by atoms with Crippen LogP contribution in [0.5, 0.6) is 0 Å². The van der Waals surface area contributed by atoms with Crippen LogP contribution in [0.4, 0.5) is 0 Å². The third kappa shape index (κ3) is 12.2. The molecule has 2 aliphatic heterocycles. The Labute approximate surface area is 332 Å². The van der Waals surface area contributed by atoms with Gasteiger partial charge in [-0.05, 0) is 22.3 Å². The molecule has 2 heterocycles. The Hall–Kier alpha value is -4.54. The molecule has 304 valence electrons. The molecule has 0 spiro atoms. The zero-order chi connectivity index (χ0) is 40.0. The van der Waals surface area contributed by atoms with Crippen molar-refractivity contribution in [3.8, 4) is 0 Å². The average molecular weight is 786 g/mol. The monoisotopic (exact) mass is 785 g/mol.